The van der Waals surface area contributed by atoms with Gasteiger partial charge in [0.2, 0.25) is 5.91 Å². The number of aromatic nitrogens is 2. The molecule has 1 N–H and O–H groups in total. The van der Waals surface area contributed by atoms with Gasteiger partial charge in [-0.25, -0.2) is 4.98 Å². The normalized spacial score (nSPS) is 10.8. The van der Waals surface area contributed by atoms with Crippen LogP contribution >= 0.6 is 11.8 Å². The number of rotatable bonds is 9. The summed E-state index contributed by atoms with van der Waals surface area (Å²) in [7, 11) is 0. The highest BCUT2D eigenvalue weighted by Gasteiger charge is 2.11. The maximum absolute atomic E-state index is 12.4. The Hall–Kier alpha value is -2.57. The monoisotopic (exact) mass is 395 g/mol. The summed E-state index contributed by atoms with van der Waals surface area (Å²) in [5.41, 5.74) is 4.42. The van der Waals surface area contributed by atoms with Crippen LogP contribution in [0.25, 0.3) is 5.69 Å². The van der Waals surface area contributed by atoms with E-state index in [1.165, 1.54) is 11.8 Å². The molecule has 6 heteroatoms. The molecule has 28 heavy (non-hydrogen) atoms. The molecule has 0 saturated carbocycles. The van der Waals surface area contributed by atoms with Gasteiger partial charge in [-0.05, 0) is 36.6 Å². The third-order valence-electron chi connectivity index (χ3n) is 4.37. The summed E-state index contributed by atoms with van der Waals surface area (Å²) in [6.07, 6.45) is 3.68. The molecule has 3 aromatic rings. The number of carbonyl (C=O) groups is 1. The quantitative estimate of drug-likeness (QED) is 0.554. The molecule has 0 fully saturated rings. The van der Waals surface area contributed by atoms with Crippen molar-refractivity contribution < 1.29 is 9.53 Å². The van der Waals surface area contributed by atoms with E-state index >= 15 is 0 Å². The predicted molar refractivity (Wildman–Crippen MR) is 113 cm³/mol. The molecular weight excluding hydrogens is 370 g/mol. The van der Waals surface area contributed by atoms with Gasteiger partial charge >= 0.3 is 0 Å². The van der Waals surface area contributed by atoms with Crippen LogP contribution in [0.4, 0.5) is 0 Å². The van der Waals surface area contributed by atoms with Crippen LogP contribution in [0.3, 0.4) is 0 Å². The summed E-state index contributed by atoms with van der Waals surface area (Å²) in [6.45, 7) is 5.77. The minimum atomic E-state index is -0.0180. The average molecular weight is 396 g/mol. The van der Waals surface area contributed by atoms with Crippen molar-refractivity contribution in [3.8, 4) is 5.69 Å². The first-order valence-corrected chi connectivity index (χ1v) is 10.3. The van der Waals surface area contributed by atoms with Gasteiger partial charge in [0.15, 0.2) is 5.16 Å². The van der Waals surface area contributed by atoms with E-state index in [4.69, 9.17) is 4.74 Å². The van der Waals surface area contributed by atoms with Crippen LogP contribution in [0.5, 0.6) is 0 Å². The van der Waals surface area contributed by atoms with E-state index in [1.54, 1.807) is 6.20 Å². The van der Waals surface area contributed by atoms with Gasteiger partial charge < -0.3 is 10.1 Å². The number of imidazole rings is 1. The lowest BCUT2D eigenvalue weighted by atomic mass is 10.1. The highest BCUT2D eigenvalue weighted by molar-refractivity contribution is 7.99. The molecule has 1 aromatic heterocycles. The summed E-state index contributed by atoms with van der Waals surface area (Å²) in [6, 6.07) is 16.2. The molecule has 0 radical (unpaired) electrons. The number of aryl methyl sites for hydroxylation is 1. The molecular formula is C22H25N3O2S. The zero-order valence-electron chi connectivity index (χ0n) is 16.2. The van der Waals surface area contributed by atoms with Crippen LogP contribution < -0.4 is 5.32 Å². The minimum absolute atomic E-state index is 0.0180. The van der Waals surface area contributed by atoms with Crippen LogP contribution in [0.2, 0.25) is 0 Å². The molecule has 5 nitrogen and oxygen atoms in total. The Morgan fingerprint density at radius 3 is 2.68 bits per heavy atom. The van der Waals surface area contributed by atoms with Gasteiger partial charge in [-0.2, -0.15) is 0 Å². The Morgan fingerprint density at radius 1 is 1.14 bits per heavy atom. The number of para-hydroxylation sites is 1. The van der Waals surface area contributed by atoms with E-state index in [2.05, 4.69) is 29.4 Å². The maximum atomic E-state index is 12.4. The number of nitrogens with one attached hydrogen (secondary N) is 1. The van der Waals surface area contributed by atoms with Gasteiger partial charge in [0.05, 0.1) is 18.0 Å². The highest BCUT2D eigenvalue weighted by Crippen LogP contribution is 2.22. The second-order valence-corrected chi connectivity index (χ2v) is 7.28. The van der Waals surface area contributed by atoms with Crippen LogP contribution in [-0.4, -0.2) is 27.8 Å². The largest absolute Gasteiger partial charge is 0.377 e. The smallest absolute Gasteiger partial charge is 0.230 e. The van der Waals surface area contributed by atoms with Crippen LogP contribution in [-0.2, 0) is 22.7 Å². The van der Waals surface area contributed by atoms with Gasteiger partial charge in [0.25, 0.3) is 0 Å². The van der Waals surface area contributed by atoms with Crippen LogP contribution in [0, 0.1) is 6.92 Å². The molecule has 1 amide bonds. The van der Waals surface area contributed by atoms with E-state index in [0.717, 1.165) is 27.5 Å². The summed E-state index contributed by atoms with van der Waals surface area (Å²) in [4.78, 5) is 16.8. The van der Waals surface area contributed by atoms with E-state index in [9.17, 15) is 4.79 Å². The summed E-state index contributed by atoms with van der Waals surface area (Å²) >= 11 is 1.43. The molecule has 2 aromatic carbocycles. The number of hydrogen-bond donors (Lipinski definition) is 1. The number of hydrogen-bond acceptors (Lipinski definition) is 4. The molecule has 1 heterocycles. The fraction of sp³-hybridized carbons (Fsp3) is 0.273. The molecule has 0 bridgehead atoms. The fourth-order valence-electron chi connectivity index (χ4n) is 2.87. The average Bonchev–Trinajstić information content (AvgIpc) is 3.18. The third kappa shape index (κ3) is 5.24. The number of carbonyl (C=O) groups excluding carboxylic acids is 1. The van der Waals surface area contributed by atoms with Gasteiger partial charge in [-0.15, -0.1) is 0 Å². The minimum Gasteiger partial charge on any atom is -0.377 e. The third-order valence-corrected chi connectivity index (χ3v) is 5.34. The number of amides is 1. The van der Waals surface area contributed by atoms with Crippen molar-refractivity contribution in [2.24, 2.45) is 0 Å². The summed E-state index contributed by atoms with van der Waals surface area (Å²) in [5.74, 6) is 0.298. The van der Waals surface area contributed by atoms with Gasteiger partial charge in [-0.1, -0.05) is 54.2 Å². The van der Waals surface area contributed by atoms with Crippen molar-refractivity contribution in [1.82, 2.24) is 14.9 Å². The number of nitrogens with zero attached hydrogens (tertiary/aromatic N) is 2. The lowest BCUT2D eigenvalue weighted by Gasteiger charge is -2.12. The second kappa shape index (κ2) is 10.1. The SMILES string of the molecule is CCOCc1ccccc1CNC(=O)CSc1nccn1-c1ccccc1C. The van der Waals surface area contributed by atoms with Gasteiger partial charge in [0, 0.05) is 25.5 Å². The van der Waals surface area contributed by atoms with Crippen LogP contribution in [0.1, 0.15) is 23.6 Å². The maximum Gasteiger partial charge on any atom is 0.230 e. The van der Waals surface area contributed by atoms with E-state index in [1.807, 2.05) is 54.1 Å². The molecule has 0 saturated heterocycles. The molecule has 0 aliphatic carbocycles. The Morgan fingerprint density at radius 2 is 1.89 bits per heavy atom. The van der Waals surface area contributed by atoms with E-state index in [-0.39, 0.29) is 5.91 Å². The molecule has 146 valence electrons. The van der Waals surface area contributed by atoms with Crippen LogP contribution in [0.15, 0.2) is 66.1 Å². The zero-order chi connectivity index (χ0) is 19.8. The van der Waals surface area contributed by atoms with Gasteiger partial charge in [-0.3, -0.25) is 9.36 Å². The molecule has 0 aliphatic heterocycles. The Balaban J connectivity index is 1.57. The molecule has 0 spiro atoms. The van der Waals surface area contributed by atoms with E-state index in [0.29, 0.717) is 25.5 Å². The molecule has 0 atom stereocenters. The topological polar surface area (TPSA) is 56.1 Å². The van der Waals surface area contributed by atoms with Crippen molar-refractivity contribution in [2.75, 3.05) is 12.4 Å². The first kappa shape index (κ1) is 20.2. The Bertz CT molecular complexity index is 923. The highest BCUT2D eigenvalue weighted by atomic mass is 32.2. The first-order chi connectivity index (χ1) is 13.7. The van der Waals surface area contributed by atoms with Crippen molar-refractivity contribution in [3.63, 3.8) is 0 Å². The fourth-order valence-corrected chi connectivity index (χ4v) is 3.67. The Labute approximate surface area is 170 Å². The second-order valence-electron chi connectivity index (χ2n) is 6.34. The summed E-state index contributed by atoms with van der Waals surface area (Å²) < 4.78 is 7.52. The first-order valence-electron chi connectivity index (χ1n) is 9.32. The predicted octanol–water partition coefficient (Wildman–Crippen LogP) is 4.13. The lowest BCUT2D eigenvalue weighted by Crippen LogP contribution is -2.25. The van der Waals surface area contributed by atoms with Crippen molar-refractivity contribution in [2.45, 2.75) is 32.2 Å². The summed E-state index contributed by atoms with van der Waals surface area (Å²) in [5, 5.41) is 3.80. The van der Waals surface area contributed by atoms with Crippen molar-refractivity contribution in [1.29, 1.82) is 0 Å². The molecule has 3 rings (SSSR count). The standard InChI is InChI=1S/C22H25N3O2S/c1-3-27-15-19-10-6-5-9-18(19)14-24-21(26)16-28-22-23-12-13-25(22)20-11-7-4-8-17(20)2/h4-13H,3,14-16H2,1-2H3,(H,24,26). The van der Waals surface area contributed by atoms with Crippen molar-refractivity contribution in [3.05, 3.63) is 77.6 Å². The Kier molecular flexibility index (Phi) is 7.28. The van der Waals surface area contributed by atoms with Crippen molar-refractivity contribution >= 4 is 17.7 Å². The number of ether oxygens (including phenoxy) is 1. The molecule has 0 aliphatic rings. The zero-order valence-corrected chi connectivity index (χ0v) is 17.0. The molecule has 0 unspecified atom stereocenters. The lowest BCUT2D eigenvalue weighted by molar-refractivity contribution is -0.118. The number of benzene rings is 2. The van der Waals surface area contributed by atoms with E-state index < -0.39 is 0 Å². The van der Waals surface area contributed by atoms with Gasteiger partial charge in [0.1, 0.15) is 0 Å². The number of thioether (sulfide) groups is 1.